The summed E-state index contributed by atoms with van der Waals surface area (Å²) in [6.07, 6.45) is 3.28. The molecule has 0 unspecified atom stereocenters. The molecule has 0 aliphatic rings. The zero-order chi connectivity index (χ0) is 28.0. The highest BCUT2D eigenvalue weighted by atomic mass is 16.5. The standard InChI is InChI=1S/C31H32N8O2/c1-39(2)18-5-19-40-24-14-10-22(11-15-24)29-38-27-28(33-20-34-30(27)41-29)32-17-16-21-8-12-23(13-9-21)35-31-36-25-6-3-4-7-26(25)37-31/h3-4,6-15,20H,5,16-19H2,1-2H3,(H,32,33,34)(H2,35,36,37). The largest absolute Gasteiger partial charge is 0.494 e. The minimum Gasteiger partial charge on any atom is -0.494 e. The Bertz CT molecular complexity index is 1690. The Morgan fingerprint density at radius 3 is 2.56 bits per heavy atom. The molecule has 0 saturated carbocycles. The minimum atomic E-state index is 0.447. The third-order valence-corrected chi connectivity index (χ3v) is 6.63. The van der Waals surface area contributed by atoms with Crippen molar-refractivity contribution in [2.24, 2.45) is 0 Å². The molecule has 6 rings (SSSR count). The molecule has 3 aromatic heterocycles. The van der Waals surface area contributed by atoms with Crippen molar-refractivity contribution < 1.29 is 9.15 Å². The van der Waals surface area contributed by atoms with Crippen LogP contribution in [0.25, 0.3) is 33.7 Å². The Kier molecular flexibility index (Phi) is 7.72. The fourth-order valence-electron chi connectivity index (χ4n) is 4.50. The smallest absolute Gasteiger partial charge is 0.252 e. The SMILES string of the molecule is CN(C)CCCOc1ccc(-c2nc3c(NCCc4ccc(Nc5nc6ccccc6[nH]5)cc4)ncnc3o2)cc1. The Hall–Kier alpha value is -4.96. The number of hydrogen-bond donors (Lipinski definition) is 3. The summed E-state index contributed by atoms with van der Waals surface area (Å²) in [6.45, 7) is 2.35. The summed E-state index contributed by atoms with van der Waals surface area (Å²) in [5, 5.41) is 6.72. The van der Waals surface area contributed by atoms with Gasteiger partial charge in [0.1, 0.15) is 12.1 Å². The highest BCUT2D eigenvalue weighted by Crippen LogP contribution is 2.27. The van der Waals surface area contributed by atoms with Crippen molar-refractivity contribution in [2.45, 2.75) is 12.8 Å². The number of nitrogens with zero attached hydrogens (tertiary/aromatic N) is 5. The van der Waals surface area contributed by atoms with E-state index in [0.29, 0.717) is 36.1 Å². The van der Waals surface area contributed by atoms with Crippen molar-refractivity contribution in [2.75, 3.05) is 44.4 Å². The number of oxazole rings is 1. The molecule has 0 amide bonds. The molecule has 0 aliphatic heterocycles. The maximum absolute atomic E-state index is 5.94. The molecular weight excluding hydrogens is 516 g/mol. The van der Waals surface area contributed by atoms with Crippen LogP contribution in [0.15, 0.2) is 83.5 Å². The van der Waals surface area contributed by atoms with Gasteiger partial charge < -0.3 is 29.7 Å². The van der Waals surface area contributed by atoms with E-state index in [4.69, 9.17) is 9.15 Å². The first-order valence-electron chi connectivity index (χ1n) is 13.6. The molecule has 3 aromatic carbocycles. The Morgan fingerprint density at radius 1 is 0.927 bits per heavy atom. The van der Waals surface area contributed by atoms with Crippen molar-refractivity contribution in [1.29, 1.82) is 0 Å². The van der Waals surface area contributed by atoms with E-state index < -0.39 is 0 Å². The lowest BCUT2D eigenvalue weighted by atomic mass is 10.1. The van der Waals surface area contributed by atoms with Gasteiger partial charge in [0.15, 0.2) is 11.3 Å². The first kappa shape index (κ1) is 26.3. The number of aromatic amines is 1. The molecule has 208 valence electrons. The predicted molar refractivity (Wildman–Crippen MR) is 162 cm³/mol. The van der Waals surface area contributed by atoms with Crippen LogP contribution in [0.1, 0.15) is 12.0 Å². The van der Waals surface area contributed by atoms with Gasteiger partial charge in [-0.05, 0) is 81.0 Å². The van der Waals surface area contributed by atoms with Crippen LogP contribution in [0.4, 0.5) is 17.5 Å². The molecule has 0 atom stereocenters. The lowest BCUT2D eigenvalue weighted by molar-refractivity contribution is 0.281. The highest BCUT2D eigenvalue weighted by molar-refractivity contribution is 5.83. The van der Waals surface area contributed by atoms with Gasteiger partial charge in [-0.15, -0.1) is 0 Å². The third-order valence-electron chi connectivity index (χ3n) is 6.63. The molecule has 3 N–H and O–H groups in total. The molecule has 10 nitrogen and oxygen atoms in total. The van der Waals surface area contributed by atoms with Crippen LogP contribution >= 0.6 is 0 Å². The normalized spacial score (nSPS) is 11.4. The zero-order valence-corrected chi connectivity index (χ0v) is 23.1. The lowest BCUT2D eigenvalue weighted by Gasteiger charge is -2.10. The molecule has 10 heteroatoms. The van der Waals surface area contributed by atoms with Gasteiger partial charge in [0, 0.05) is 24.3 Å². The number of nitrogens with one attached hydrogen (secondary N) is 3. The molecule has 0 aliphatic carbocycles. The zero-order valence-electron chi connectivity index (χ0n) is 23.1. The van der Waals surface area contributed by atoms with Gasteiger partial charge in [-0.3, -0.25) is 0 Å². The van der Waals surface area contributed by atoms with Crippen molar-refractivity contribution in [3.8, 4) is 17.2 Å². The summed E-state index contributed by atoms with van der Waals surface area (Å²) in [5.74, 6) is 2.69. The number of aromatic nitrogens is 5. The number of fused-ring (bicyclic) bond motifs is 2. The van der Waals surface area contributed by atoms with Gasteiger partial charge >= 0.3 is 0 Å². The molecule has 41 heavy (non-hydrogen) atoms. The van der Waals surface area contributed by atoms with Crippen molar-refractivity contribution in [1.82, 2.24) is 29.8 Å². The molecule has 0 bridgehead atoms. The van der Waals surface area contributed by atoms with E-state index in [1.165, 1.54) is 11.9 Å². The fourth-order valence-corrected chi connectivity index (χ4v) is 4.50. The minimum absolute atomic E-state index is 0.447. The van der Waals surface area contributed by atoms with Gasteiger partial charge in [0.05, 0.1) is 17.6 Å². The number of anilines is 3. The predicted octanol–water partition coefficient (Wildman–Crippen LogP) is 5.89. The van der Waals surface area contributed by atoms with E-state index >= 15 is 0 Å². The number of ether oxygens (including phenoxy) is 1. The fraction of sp³-hybridized carbons (Fsp3) is 0.226. The molecule has 0 spiro atoms. The van der Waals surface area contributed by atoms with Crippen LogP contribution in [-0.4, -0.2) is 63.6 Å². The quantitative estimate of drug-likeness (QED) is 0.161. The van der Waals surface area contributed by atoms with E-state index in [1.54, 1.807) is 0 Å². The van der Waals surface area contributed by atoms with Gasteiger partial charge in [0.25, 0.3) is 5.71 Å². The molecular formula is C31H32N8O2. The number of para-hydroxylation sites is 2. The molecule has 6 aromatic rings. The number of hydrogen-bond acceptors (Lipinski definition) is 9. The number of imidazole rings is 1. The number of H-pyrrole nitrogens is 1. The Labute approximate surface area is 237 Å². The van der Waals surface area contributed by atoms with Crippen molar-refractivity contribution >= 4 is 39.7 Å². The number of rotatable bonds is 12. The van der Waals surface area contributed by atoms with E-state index in [9.17, 15) is 0 Å². The monoisotopic (exact) mass is 548 g/mol. The van der Waals surface area contributed by atoms with E-state index in [2.05, 4.69) is 78.8 Å². The second-order valence-electron chi connectivity index (χ2n) is 10.0. The van der Waals surface area contributed by atoms with Gasteiger partial charge in [0.2, 0.25) is 11.8 Å². The average molecular weight is 549 g/mol. The van der Waals surface area contributed by atoms with E-state index in [-0.39, 0.29) is 0 Å². The summed E-state index contributed by atoms with van der Waals surface area (Å²) in [5.41, 5.74) is 6.01. The maximum atomic E-state index is 5.94. The third kappa shape index (κ3) is 6.44. The van der Waals surface area contributed by atoms with Crippen LogP contribution in [-0.2, 0) is 6.42 Å². The van der Waals surface area contributed by atoms with Crippen molar-refractivity contribution in [3.05, 3.63) is 84.7 Å². The highest BCUT2D eigenvalue weighted by Gasteiger charge is 2.14. The van der Waals surface area contributed by atoms with Gasteiger partial charge in [-0.2, -0.15) is 4.98 Å². The number of benzene rings is 3. The molecule has 0 radical (unpaired) electrons. The van der Waals surface area contributed by atoms with Crippen LogP contribution in [0.2, 0.25) is 0 Å². The summed E-state index contributed by atoms with van der Waals surface area (Å²) in [7, 11) is 4.12. The van der Waals surface area contributed by atoms with Gasteiger partial charge in [-0.1, -0.05) is 24.3 Å². The van der Waals surface area contributed by atoms with Crippen LogP contribution in [0, 0.1) is 0 Å². The Balaban J connectivity index is 1.04. The van der Waals surface area contributed by atoms with Crippen LogP contribution in [0.5, 0.6) is 5.75 Å². The van der Waals surface area contributed by atoms with Crippen LogP contribution < -0.4 is 15.4 Å². The molecule has 0 saturated heterocycles. The van der Waals surface area contributed by atoms with Gasteiger partial charge in [-0.25, -0.2) is 15.0 Å². The van der Waals surface area contributed by atoms with E-state index in [0.717, 1.165) is 53.4 Å². The second-order valence-corrected chi connectivity index (χ2v) is 10.0. The molecule has 3 heterocycles. The topological polar surface area (TPSA) is 117 Å². The maximum Gasteiger partial charge on any atom is 0.252 e. The average Bonchev–Trinajstić information content (AvgIpc) is 3.61. The first-order chi connectivity index (χ1) is 20.1. The summed E-state index contributed by atoms with van der Waals surface area (Å²) >= 11 is 0. The summed E-state index contributed by atoms with van der Waals surface area (Å²) in [6, 6.07) is 24.0. The summed E-state index contributed by atoms with van der Waals surface area (Å²) in [4.78, 5) is 23.4. The van der Waals surface area contributed by atoms with E-state index in [1.807, 2.05) is 48.5 Å². The second kappa shape index (κ2) is 12.1. The van der Waals surface area contributed by atoms with Crippen molar-refractivity contribution in [3.63, 3.8) is 0 Å². The molecule has 0 fully saturated rings. The first-order valence-corrected chi connectivity index (χ1v) is 13.6. The lowest BCUT2D eigenvalue weighted by Crippen LogP contribution is -2.15. The Morgan fingerprint density at radius 2 is 1.76 bits per heavy atom. The summed E-state index contributed by atoms with van der Waals surface area (Å²) < 4.78 is 11.8. The van der Waals surface area contributed by atoms with Crippen LogP contribution in [0.3, 0.4) is 0 Å².